The lowest BCUT2D eigenvalue weighted by atomic mass is 9.85. The first-order chi connectivity index (χ1) is 36.7. The van der Waals surface area contributed by atoms with Crippen molar-refractivity contribution in [2.75, 3.05) is 9.80 Å². The van der Waals surface area contributed by atoms with Crippen LogP contribution >= 0.6 is 0 Å². The fraction of sp³-hybridized carbons (Fsp3) is 0. The zero-order valence-corrected chi connectivity index (χ0v) is 40.1. The number of hydrogen-bond donors (Lipinski definition) is 0. The van der Waals surface area contributed by atoms with Gasteiger partial charge >= 0.3 is 0 Å². The summed E-state index contributed by atoms with van der Waals surface area (Å²) in [5.74, 6) is 0. The van der Waals surface area contributed by atoms with Crippen LogP contribution in [0.1, 0.15) is 0 Å². The first-order valence-electron chi connectivity index (χ1n) is 25.2. The maximum atomic E-state index is 6.68. The van der Waals surface area contributed by atoms with E-state index in [1.165, 1.54) is 43.4 Å². The maximum absolute atomic E-state index is 6.68. The van der Waals surface area contributed by atoms with Crippen molar-refractivity contribution in [3.8, 4) is 22.3 Å². The van der Waals surface area contributed by atoms with Crippen LogP contribution < -0.4 is 9.80 Å². The van der Waals surface area contributed by atoms with Crippen molar-refractivity contribution in [1.82, 2.24) is 0 Å². The van der Waals surface area contributed by atoms with Crippen LogP contribution in [-0.4, -0.2) is 0 Å². The Morgan fingerprint density at radius 3 is 0.986 bits per heavy atom. The van der Waals surface area contributed by atoms with Crippen LogP contribution in [0.5, 0.6) is 0 Å². The Labute approximate surface area is 426 Å². The minimum Gasteiger partial charge on any atom is -0.456 e. The standard InChI is InChI=1S/C70H44N2O2/c1-5-19-47(20-6-1)67-57-35-31-52(72(50-25-11-4-12-26-50)54-34-38-60-66(44-54)74-64-40-30-46-18-14-16-28-56(46)70(60)64)42-62(57)68(48-21-7-2-8-22-48)58-36-32-51(41-61(58)67)71(49-23-9-3-10-24-49)53-33-37-59-65(43-53)73-63-39-29-45-17-13-15-27-55(45)69(59)63/h1-44H. The Balaban J connectivity index is 0.959. The predicted molar refractivity (Wildman–Crippen MR) is 311 cm³/mol. The topological polar surface area (TPSA) is 32.8 Å². The molecular formula is C70H44N2O2. The summed E-state index contributed by atoms with van der Waals surface area (Å²) in [7, 11) is 0. The second kappa shape index (κ2) is 16.9. The molecule has 0 saturated carbocycles. The molecule has 2 aromatic heterocycles. The van der Waals surface area contributed by atoms with Gasteiger partial charge in [0.15, 0.2) is 0 Å². The van der Waals surface area contributed by atoms with Crippen molar-refractivity contribution in [2.24, 2.45) is 0 Å². The highest BCUT2D eigenvalue weighted by Gasteiger charge is 2.24. The van der Waals surface area contributed by atoms with Gasteiger partial charge in [0.2, 0.25) is 0 Å². The Morgan fingerprint density at radius 1 is 0.216 bits per heavy atom. The molecule has 346 valence electrons. The van der Waals surface area contributed by atoms with Crippen molar-refractivity contribution >= 4 is 121 Å². The Hall–Kier alpha value is -9.90. The molecule has 0 saturated heterocycles. The molecule has 4 heteroatoms. The average molecular weight is 945 g/mol. The van der Waals surface area contributed by atoms with Crippen molar-refractivity contribution < 1.29 is 8.83 Å². The summed E-state index contributed by atoms with van der Waals surface area (Å²) in [6.45, 7) is 0. The zero-order chi connectivity index (χ0) is 48.7. The third kappa shape index (κ3) is 6.69. The number of fused-ring (bicyclic) bond motifs is 12. The van der Waals surface area contributed by atoms with Gasteiger partial charge < -0.3 is 18.6 Å². The van der Waals surface area contributed by atoms with E-state index in [2.05, 4.69) is 277 Å². The molecule has 2 heterocycles. The summed E-state index contributed by atoms with van der Waals surface area (Å²) in [6.07, 6.45) is 0. The molecule has 0 aliphatic carbocycles. The minimum atomic E-state index is 0.851. The quantitative estimate of drug-likeness (QED) is 0.142. The molecule has 0 fully saturated rings. The number of nitrogens with zero attached hydrogens (tertiary/aromatic N) is 2. The molecule has 0 unspecified atom stereocenters. The molecule has 0 radical (unpaired) electrons. The van der Waals surface area contributed by atoms with Crippen molar-refractivity contribution in [3.05, 3.63) is 267 Å². The zero-order valence-electron chi connectivity index (χ0n) is 40.1. The molecule has 74 heavy (non-hydrogen) atoms. The monoisotopic (exact) mass is 944 g/mol. The lowest BCUT2D eigenvalue weighted by molar-refractivity contribution is 0.669. The van der Waals surface area contributed by atoms with Crippen LogP contribution in [0.25, 0.3) is 109 Å². The molecule has 0 amide bonds. The average Bonchev–Trinajstić information content (AvgIpc) is 4.05. The van der Waals surface area contributed by atoms with Crippen LogP contribution in [0.15, 0.2) is 276 Å². The second-order valence-electron chi connectivity index (χ2n) is 19.2. The number of rotatable bonds is 8. The molecule has 0 bridgehead atoms. The fourth-order valence-corrected chi connectivity index (χ4v) is 11.7. The van der Waals surface area contributed by atoms with Gasteiger partial charge in [0.25, 0.3) is 0 Å². The molecule has 0 atom stereocenters. The molecule has 4 nitrogen and oxygen atoms in total. The lowest BCUT2D eigenvalue weighted by Gasteiger charge is -2.28. The van der Waals surface area contributed by atoms with E-state index in [9.17, 15) is 0 Å². The van der Waals surface area contributed by atoms with Crippen LogP contribution in [0.2, 0.25) is 0 Å². The SMILES string of the molecule is c1ccc(-c2c3ccc(N(c4ccccc4)c4ccc5c(c4)oc4ccc6ccccc6c45)cc3c(-c3ccccc3)c3ccc(N(c4ccccc4)c4ccc5c(c4)oc4ccc6ccccc6c45)cc23)cc1. The van der Waals surface area contributed by atoms with E-state index < -0.39 is 0 Å². The molecular weight excluding hydrogens is 901 g/mol. The number of furan rings is 2. The van der Waals surface area contributed by atoms with Crippen LogP contribution in [0.4, 0.5) is 34.1 Å². The van der Waals surface area contributed by atoms with E-state index in [4.69, 9.17) is 8.83 Å². The summed E-state index contributed by atoms with van der Waals surface area (Å²) in [6, 6.07) is 96.0. The van der Waals surface area contributed by atoms with E-state index in [0.717, 1.165) is 99.9 Å². The van der Waals surface area contributed by atoms with Gasteiger partial charge in [0, 0.05) is 67.8 Å². The van der Waals surface area contributed by atoms with Crippen LogP contribution in [0, 0.1) is 0 Å². The van der Waals surface area contributed by atoms with Crippen molar-refractivity contribution in [2.45, 2.75) is 0 Å². The molecule has 0 spiro atoms. The molecule has 0 N–H and O–H groups in total. The van der Waals surface area contributed by atoms with E-state index in [1.807, 2.05) is 0 Å². The van der Waals surface area contributed by atoms with Gasteiger partial charge in [-0.25, -0.2) is 0 Å². The van der Waals surface area contributed by atoms with Gasteiger partial charge in [-0.3, -0.25) is 0 Å². The van der Waals surface area contributed by atoms with E-state index in [1.54, 1.807) is 0 Å². The summed E-state index contributed by atoms with van der Waals surface area (Å²) in [4.78, 5) is 4.71. The Morgan fingerprint density at radius 2 is 0.568 bits per heavy atom. The summed E-state index contributed by atoms with van der Waals surface area (Å²) in [5, 5.41) is 13.9. The number of hydrogen-bond acceptors (Lipinski definition) is 4. The summed E-state index contributed by atoms with van der Waals surface area (Å²) < 4.78 is 13.4. The third-order valence-electron chi connectivity index (χ3n) is 15.0. The van der Waals surface area contributed by atoms with Gasteiger partial charge in [-0.15, -0.1) is 0 Å². The van der Waals surface area contributed by atoms with Gasteiger partial charge in [-0.1, -0.05) is 170 Å². The Bertz CT molecular complexity index is 4360. The highest BCUT2D eigenvalue weighted by molar-refractivity contribution is 6.24. The largest absolute Gasteiger partial charge is 0.456 e. The summed E-state index contributed by atoms with van der Waals surface area (Å²) in [5.41, 5.74) is 14.3. The van der Waals surface area contributed by atoms with Gasteiger partial charge in [0.1, 0.15) is 22.3 Å². The number of anilines is 6. The summed E-state index contributed by atoms with van der Waals surface area (Å²) >= 11 is 0. The van der Waals surface area contributed by atoms with E-state index in [0.29, 0.717) is 0 Å². The van der Waals surface area contributed by atoms with Crippen LogP contribution in [-0.2, 0) is 0 Å². The number of benzene rings is 13. The number of para-hydroxylation sites is 2. The second-order valence-corrected chi connectivity index (χ2v) is 19.2. The van der Waals surface area contributed by atoms with E-state index in [-0.39, 0.29) is 0 Å². The molecule has 15 rings (SSSR count). The highest BCUT2D eigenvalue weighted by atomic mass is 16.3. The third-order valence-corrected chi connectivity index (χ3v) is 15.0. The molecule has 0 aliphatic rings. The first-order valence-corrected chi connectivity index (χ1v) is 25.2. The van der Waals surface area contributed by atoms with Crippen LogP contribution in [0.3, 0.4) is 0 Å². The Kier molecular flexibility index (Phi) is 9.54. The lowest BCUT2D eigenvalue weighted by Crippen LogP contribution is -2.10. The normalized spacial score (nSPS) is 11.8. The van der Waals surface area contributed by atoms with Gasteiger partial charge in [-0.2, -0.15) is 0 Å². The first kappa shape index (κ1) is 41.8. The maximum Gasteiger partial charge on any atom is 0.137 e. The predicted octanol–water partition coefficient (Wildman–Crippen LogP) is 20.4. The highest BCUT2D eigenvalue weighted by Crippen LogP contribution is 2.49. The molecule has 13 aromatic carbocycles. The van der Waals surface area contributed by atoms with E-state index >= 15 is 0 Å². The fourth-order valence-electron chi connectivity index (χ4n) is 11.7. The van der Waals surface area contributed by atoms with Crippen molar-refractivity contribution in [1.29, 1.82) is 0 Å². The van der Waals surface area contributed by atoms with Gasteiger partial charge in [0.05, 0.1) is 0 Å². The minimum absolute atomic E-state index is 0.851. The smallest absolute Gasteiger partial charge is 0.137 e. The molecule has 0 aliphatic heterocycles. The molecule has 15 aromatic rings. The van der Waals surface area contributed by atoms with Crippen molar-refractivity contribution in [3.63, 3.8) is 0 Å². The van der Waals surface area contributed by atoms with Gasteiger partial charge in [-0.05, 0) is 150 Å².